The molecule has 1 fully saturated rings. The van der Waals surface area contributed by atoms with Gasteiger partial charge in [0.15, 0.2) is 5.76 Å². The molecular formula is C23H39N2O3PS. The van der Waals surface area contributed by atoms with Crippen molar-refractivity contribution < 1.29 is 15.0 Å². The van der Waals surface area contributed by atoms with E-state index in [4.69, 9.17) is 0 Å². The van der Waals surface area contributed by atoms with Crippen LogP contribution >= 0.6 is 21.2 Å². The number of hydrogen-bond donors (Lipinski definition) is 4. The van der Waals surface area contributed by atoms with E-state index in [2.05, 4.69) is 49.0 Å². The van der Waals surface area contributed by atoms with E-state index in [1.54, 1.807) is 0 Å². The molecule has 2 unspecified atom stereocenters. The first-order valence-corrected chi connectivity index (χ1v) is 12.9. The van der Waals surface area contributed by atoms with Gasteiger partial charge in [0.2, 0.25) is 5.91 Å². The second-order valence-corrected chi connectivity index (χ2v) is 10.8. The van der Waals surface area contributed by atoms with Gasteiger partial charge in [-0.25, -0.2) is 0 Å². The van der Waals surface area contributed by atoms with Gasteiger partial charge in [-0.1, -0.05) is 26.3 Å². The van der Waals surface area contributed by atoms with Gasteiger partial charge in [-0.15, -0.1) is 0 Å². The van der Waals surface area contributed by atoms with Crippen LogP contribution < -0.4 is 5.32 Å². The van der Waals surface area contributed by atoms with Crippen LogP contribution in [0.1, 0.15) is 59.3 Å². The lowest BCUT2D eigenvalue weighted by atomic mass is 9.72. The average molecular weight is 455 g/mol. The molecular weight excluding hydrogens is 415 g/mol. The fraction of sp³-hybridized carbons (Fsp3) is 0.696. The summed E-state index contributed by atoms with van der Waals surface area (Å²) in [5.74, 6) is 1.10. The lowest BCUT2D eigenvalue weighted by molar-refractivity contribution is -0.121. The largest absolute Gasteiger partial charge is 0.508 e. The second kappa shape index (κ2) is 11.6. The van der Waals surface area contributed by atoms with Crippen molar-refractivity contribution in [3.63, 3.8) is 0 Å². The molecule has 0 saturated carbocycles. The molecule has 4 atom stereocenters. The lowest BCUT2D eigenvalue weighted by Crippen LogP contribution is -2.53. The van der Waals surface area contributed by atoms with E-state index in [9.17, 15) is 15.0 Å². The van der Waals surface area contributed by atoms with E-state index in [1.165, 1.54) is 0 Å². The number of hydrogen-bond acceptors (Lipinski definition) is 5. The lowest BCUT2D eigenvalue weighted by Gasteiger charge is -2.53. The third-order valence-electron chi connectivity index (χ3n) is 6.43. The van der Waals surface area contributed by atoms with Crippen molar-refractivity contribution in [2.45, 2.75) is 70.5 Å². The Kier molecular flexibility index (Phi) is 9.77. The number of thiol groups is 1. The summed E-state index contributed by atoms with van der Waals surface area (Å²) in [5.41, 5.74) is 2.02. The Hall–Kier alpha value is -0.970. The number of amides is 1. The van der Waals surface area contributed by atoms with Gasteiger partial charge in [0.1, 0.15) is 5.76 Å². The SMILES string of the molecule is CC(C)=C(/C(O)=C(/O)CCCCC(=O)NCCS)[C@@]12CCC=CC1[C@@H](C)N(C)CP2. The fourth-order valence-electron chi connectivity index (χ4n) is 4.75. The molecule has 170 valence electrons. The molecule has 0 aromatic carbocycles. The monoisotopic (exact) mass is 454 g/mol. The van der Waals surface area contributed by atoms with Crippen molar-refractivity contribution in [1.29, 1.82) is 0 Å². The highest BCUT2D eigenvalue weighted by Gasteiger charge is 2.49. The van der Waals surface area contributed by atoms with Crippen LogP contribution in [-0.4, -0.2) is 57.8 Å². The minimum absolute atomic E-state index is 0.0129. The fourth-order valence-corrected chi connectivity index (χ4v) is 7.12. The number of fused-ring (bicyclic) bond motifs is 1. The number of nitrogens with one attached hydrogen (secondary N) is 1. The van der Waals surface area contributed by atoms with Crippen molar-refractivity contribution in [2.75, 3.05) is 25.6 Å². The number of carbonyl (C=O) groups excluding carboxylic acids is 1. The van der Waals surface area contributed by atoms with Gasteiger partial charge < -0.3 is 15.5 Å². The quantitative estimate of drug-likeness (QED) is 0.0995. The van der Waals surface area contributed by atoms with Crippen molar-refractivity contribution in [2.24, 2.45) is 5.92 Å². The highest BCUT2D eigenvalue weighted by Crippen LogP contribution is 2.57. The molecule has 7 heteroatoms. The first-order chi connectivity index (χ1) is 14.2. The Balaban J connectivity index is 2.16. The number of unbranched alkanes of at least 4 members (excludes halogenated alkanes) is 1. The molecule has 1 saturated heterocycles. The van der Waals surface area contributed by atoms with Gasteiger partial charge in [-0.05, 0) is 53.5 Å². The van der Waals surface area contributed by atoms with Crippen LogP contribution in [0.3, 0.4) is 0 Å². The Morgan fingerprint density at radius 2 is 2.00 bits per heavy atom. The average Bonchev–Trinajstić information content (AvgIpc) is 2.72. The summed E-state index contributed by atoms with van der Waals surface area (Å²) in [6.45, 7) is 6.93. The minimum atomic E-state index is -0.107. The summed E-state index contributed by atoms with van der Waals surface area (Å²) in [7, 11) is 2.85. The van der Waals surface area contributed by atoms with E-state index >= 15 is 0 Å². The zero-order chi connectivity index (χ0) is 22.3. The molecule has 2 rings (SSSR count). The van der Waals surface area contributed by atoms with Crippen LogP contribution in [0.15, 0.2) is 34.8 Å². The maximum absolute atomic E-state index is 11.7. The summed E-state index contributed by atoms with van der Waals surface area (Å²) in [4.78, 5) is 14.1. The second-order valence-electron chi connectivity index (χ2n) is 8.75. The van der Waals surface area contributed by atoms with Crippen molar-refractivity contribution >= 4 is 27.1 Å². The first kappa shape index (κ1) is 25.3. The van der Waals surface area contributed by atoms with Gasteiger partial charge >= 0.3 is 0 Å². The van der Waals surface area contributed by atoms with Crippen LogP contribution in [-0.2, 0) is 4.79 Å². The zero-order valence-electron chi connectivity index (χ0n) is 18.9. The summed E-state index contributed by atoms with van der Waals surface area (Å²) in [6.07, 6.45) is 9.78. The van der Waals surface area contributed by atoms with Crippen molar-refractivity contribution in [1.82, 2.24) is 10.2 Å². The minimum Gasteiger partial charge on any atom is -0.508 e. The molecule has 0 radical (unpaired) electrons. The highest BCUT2D eigenvalue weighted by atomic mass is 32.1. The van der Waals surface area contributed by atoms with Crippen LogP contribution in [0.5, 0.6) is 0 Å². The van der Waals surface area contributed by atoms with Crippen LogP contribution in [0.2, 0.25) is 0 Å². The highest BCUT2D eigenvalue weighted by molar-refractivity contribution is 7.80. The maximum atomic E-state index is 11.7. The third-order valence-corrected chi connectivity index (χ3v) is 8.78. The van der Waals surface area contributed by atoms with Crippen LogP contribution in [0.25, 0.3) is 0 Å². The smallest absolute Gasteiger partial charge is 0.220 e. The molecule has 5 nitrogen and oxygen atoms in total. The number of allylic oxidation sites excluding steroid dienone is 4. The predicted molar refractivity (Wildman–Crippen MR) is 131 cm³/mol. The Morgan fingerprint density at radius 3 is 2.67 bits per heavy atom. The molecule has 0 bridgehead atoms. The molecule has 3 N–H and O–H groups in total. The van der Waals surface area contributed by atoms with Crippen LogP contribution in [0.4, 0.5) is 0 Å². The molecule has 0 aromatic heterocycles. The Bertz CT molecular complexity index is 703. The van der Waals surface area contributed by atoms with Crippen molar-refractivity contribution in [3.8, 4) is 0 Å². The molecule has 0 aromatic rings. The predicted octanol–water partition coefficient (Wildman–Crippen LogP) is 4.93. The number of aliphatic hydroxyl groups excluding tert-OH is 2. The maximum Gasteiger partial charge on any atom is 0.220 e. The van der Waals surface area contributed by atoms with Gasteiger partial charge in [0.25, 0.3) is 0 Å². The van der Waals surface area contributed by atoms with E-state index in [0.717, 1.165) is 30.3 Å². The third kappa shape index (κ3) is 5.83. The summed E-state index contributed by atoms with van der Waals surface area (Å²) >= 11 is 4.08. The first-order valence-electron chi connectivity index (χ1n) is 11.0. The van der Waals surface area contributed by atoms with E-state index < -0.39 is 0 Å². The number of rotatable bonds is 9. The van der Waals surface area contributed by atoms with Crippen LogP contribution in [0, 0.1) is 5.92 Å². The Morgan fingerprint density at radius 1 is 1.30 bits per heavy atom. The van der Waals surface area contributed by atoms with Crippen molar-refractivity contribution in [3.05, 3.63) is 34.8 Å². The van der Waals surface area contributed by atoms with E-state index in [-0.39, 0.29) is 22.6 Å². The normalized spacial score (nSPS) is 28.0. The van der Waals surface area contributed by atoms with Gasteiger partial charge in [0, 0.05) is 54.1 Å². The summed E-state index contributed by atoms with van der Waals surface area (Å²) in [6, 6.07) is 0.392. The molecule has 1 aliphatic carbocycles. The Labute approximate surface area is 189 Å². The number of nitrogens with zero attached hydrogens (tertiary/aromatic N) is 1. The molecule has 1 heterocycles. The zero-order valence-corrected chi connectivity index (χ0v) is 20.8. The molecule has 0 spiro atoms. The molecule has 30 heavy (non-hydrogen) atoms. The number of carbonyl (C=O) groups is 1. The molecule has 2 aliphatic rings. The molecule has 1 amide bonds. The van der Waals surface area contributed by atoms with Gasteiger partial charge in [-0.3, -0.25) is 9.69 Å². The number of aliphatic hydroxyl groups is 2. The van der Waals surface area contributed by atoms with Gasteiger partial charge in [-0.2, -0.15) is 12.6 Å². The summed E-state index contributed by atoms with van der Waals surface area (Å²) in [5, 5.41) is 24.6. The topological polar surface area (TPSA) is 72.8 Å². The molecule has 1 aliphatic heterocycles. The standard InChI is InChI=1S/C23H39N2O3PS/c1-16(2)21(22(28)19(26)10-5-6-11-20(27)24-13-14-30)23-12-8-7-9-18(23)17(3)25(4)15-29-23/h7,9,17-18,26,28-30H,5-6,8,10-15H2,1-4H3,(H,24,27)/b22-19-/t17-,18?,23-/m1/s1. The van der Waals surface area contributed by atoms with E-state index in [1.807, 2.05) is 13.8 Å². The summed E-state index contributed by atoms with van der Waals surface area (Å²) < 4.78 is 0. The van der Waals surface area contributed by atoms with Gasteiger partial charge in [0.05, 0.1) is 0 Å². The van der Waals surface area contributed by atoms with E-state index in [0.29, 0.717) is 58.5 Å².